The molecule has 15 rings (SSSR count). The Balaban J connectivity index is 0.000000170. The summed E-state index contributed by atoms with van der Waals surface area (Å²) in [5, 5.41) is 17.7. The number of pyridine rings is 6. The van der Waals surface area contributed by atoms with Crippen molar-refractivity contribution in [3.63, 3.8) is 0 Å². The summed E-state index contributed by atoms with van der Waals surface area (Å²) in [4.78, 5) is 133. The fourth-order valence-electron chi connectivity index (χ4n) is 17.8. The fraction of sp³-hybridized carbons (Fsp3) is 0.357. The fourth-order valence-corrected chi connectivity index (χ4v) is 19.3. The van der Waals surface area contributed by atoms with E-state index in [1.165, 1.54) is 80.5 Å². The molecule has 702 valence electrons. The van der Waals surface area contributed by atoms with Gasteiger partial charge in [0.05, 0.1) is 98.5 Å². The number of aromatic nitrogens is 12. The van der Waals surface area contributed by atoms with Gasteiger partial charge in [-0.2, -0.15) is 28.1 Å². The molecular formula is C98H106Cl3F4N19O9S. The van der Waals surface area contributed by atoms with E-state index in [9.17, 15) is 55.5 Å². The number of nitrogens with zero attached hydrogens (tertiary/aromatic N) is 18. The van der Waals surface area contributed by atoms with E-state index in [1.54, 1.807) is 69.7 Å². The minimum atomic E-state index is -4.67. The number of hydrogen-bond acceptors (Lipinski definition) is 21. The Morgan fingerprint density at radius 3 is 1.17 bits per heavy atom. The zero-order valence-electron chi connectivity index (χ0n) is 77.4. The molecule has 3 amide bonds. The van der Waals surface area contributed by atoms with E-state index in [2.05, 4.69) is 49.6 Å². The van der Waals surface area contributed by atoms with Gasteiger partial charge >= 0.3 is 23.2 Å². The molecule has 0 saturated carbocycles. The van der Waals surface area contributed by atoms with Gasteiger partial charge in [-0.15, -0.1) is 0 Å². The van der Waals surface area contributed by atoms with Crippen LogP contribution < -0.4 is 36.9 Å². The summed E-state index contributed by atoms with van der Waals surface area (Å²) in [6.07, 6.45) is 4.28. The number of alkyl halides is 3. The molecule has 0 bridgehead atoms. The summed E-state index contributed by atoms with van der Waals surface area (Å²) in [5.41, 5.74) is 3.66. The van der Waals surface area contributed by atoms with Crippen molar-refractivity contribution in [1.29, 1.82) is 0 Å². The average molecular weight is 1910 g/mol. The van der Waals surface area contributed by atoms with Gasteiger partial charge in [0.2, 0.25) is 27.7 Å². The van der Waals surface area contributed by atoms with Gasteiger partial charge in [0, 0.05) is 105 Å². The van der Waals surface area contributed by atoms with Gasteiger partial charge in [-0.3, -0.25) is 29.3 Å². The van der Waals surface area contributed by atoms with Crippen molar-refractivity contribution >= 4 is 113 Å². The van der Waals surface area contributed by atoms with E-state index < -0.39 is 44.6 Å². The minimum absolute atomic E-state index is 0.0102. The summed E-state index contributed by atoms with van der Waals surface area (Å²) in [5.74, 6) is -0.812. The Kier molecular flexibility index (Phi) is 29.1. The van der Waals surface area contributed by atoms with Crippen LogP contribution in [-0.4, -0.2) is 180 Å². The van der Waals surface area contributed by atoms with Gasteiger partial charge in [-0.05, 0) is 174 Å². The highest BCUT2D eigenvalue weighted by atomic mass is 35.5. The third kappa shape index (κ3) is 19.1. The number of aryl methyl sites for hydroxylation is 1. The molecule has 3 N–H and O–H groups in total. The van der Waals surface area contributed by atoms with Crippen LogP contribution in [0.1, 0.15) is 180 Å². The van der Waals surface area contributed by atoms with Crippen LogP contribution in [0.25, 0.3) is 83.9 Å². The third-order valence-corrected chi connectivity index (χ3v) is 26.2. The van der Waals surface area contributed by atoms with E-state index in [0.29, 0.717) is 101 Å². The average Bonchev–Trinajstić information content (AvgIpc) is 0.737. The largest absolute Gasteiger partial charge is 0.507 e. The minimum Gasteiger partial charge on any atom is -0.507 e. The second-order valence-corrected chi connectivity index (χ2v) is 38.2. The highest BCUT2D eigenvalue weighted by Crippen LogP contribution is 2.46. The number of primary sulfonamides is 1. The number of nitrogens with two attached hydrogens (primary N) is 1. The topological polar surface area (TPSA) is 333 Å². The number of carbonyl (C=O) groups is 3. The number of sulfonamides is 1. The first-order valence-electron chi connectivity index (χ1n) is 43.9. The van der Waals surface area contributed by atoms with E-state index in [-0.39, 0.29) is 166 Å². The first-order valence-corrected chi connectivity index (χ1v) is 46.6. The lowest BCUT2D eigenvalue weighted by Gasteiger charge is -2.44. The van der Waals surface area contributed by atoms with Crippen LogP contribution in [0.2, 0.25) is 15.1 Å². The summed E-state index contributed by atoms with van der Waals surface area (Å²) in [7, 11) is -4.14. The van der Waals surface area contributed by atoms with Gasteiger partial charge < -0.3 is 34.5 Å². The van der Waals surface area contributed by atoms with Crippen LogP contribution in [0.3, 0.4) is 0 Å². The molecular weight excluding hydrogens is 1800 g/mol. The lowest BCUT2D eigenvalue weighted by Crippen LogP contribution is -2.58. The number of halogens is 7. The molecule has 3 saturated heterocycles. The smallest absolute Gasteiger partial charge is 0.417 e. The lowest BCUT2D eigenvalue weighted by atomic mass is 9.97. The van der Waals surface area contributed by atoms with E-state index >= 15 is 4.39 Å². The molecule has 134 heavy (non-hydrogen) atoms. The molecule has 36 heteroatoms. The molecule has 3 aromatic carbocycles. The maximum absolute atomic E-state index is 15.2. The summed E-state index contributed by atoms with van der Waals surface area (Å²) >= 11 is 20.4. The van der Waals surface area contributed by atoms with E-state index in [1.807, 2.05) is 145 Å². The molecule has 28 nitrogen and oxygen atoms in total. The second kappa shape index (κ2) is 39.5. The molecule has 12 aromatic rings. The number of amides is 3. The number of phenols is 1. The van der Waals surface area contributed by atoms with Crippen LogP contribution in [0, 0.1) is 12.7 Å². The number of hydrogen-bond donors (Lipinski definition) is 2. The number of benzene rings is 3. The quantitative estimate of drug-likeness (QED) is 0.0595. The van der Waals surface area contributed by atoms with Gasteiger partial charge in [0.15, 0.2) is 16.9 Å². The molecule has 3 aliphatic rings. The molecule has 9 aromatic heterocycles. The zero-order chi connectivity index (χ0) is 97.8. The van der Waals surface area contributed by atoms with Crippen LogP contribution >= 0.6 is 34.8 Å². The van der Waals surface area contributed by atoms with Crippen molar-refractivity contribution in [1.82, 2.24) is 73.3 Å². The number of aromatic hydroxyl groups is 1. The van der Waals surface area contributed by atoms with Crippen molar-refractivity contribution in [2.24, 2.45) is 5.14 Å². The Hall–Kier alpha value is -12.7. The molecule has 0 aliphatic carbocycles. The molecule has 12 heterocycles. The highest BCUT2D eigenvalue weighted by Gasteiger charge is 2.41. The second-order valence-electron chi connectivity index (χ2n) is 35.5. The third-order valence-electron chi connectivity index (χ3n) is 24.4. The standard InChI is InChI=1S/C34H36ClF3N6O2.C33H36ClFN6O3.C31H34ClN7O4S/c1-8-27(45)42-16-21(7)43(17-20(42)6)31-24-15-26(35)29(23-11-9-10-12-25(23)34(36,37)38)40-32(24)44(33(46)41-31)30-22(18(2)3)13-14-39-28(30)19(4)5;1-8-26(43)39-15-20(7)40(16-19(39)6)31-22-14-23(34)29(27-24(35)10-9-11-25(27)42)37-32(22)41(33(44)38-31)30-21(17(2)3)12-13-36-28(30)18(4)5;1-7-25(40)37-15-20(6)38(16-19(37)5)29-22-14-23(32)27(21-10-8-9-11-24(21)44(33,42)43)35-30(22)39(31(41)36-29)28-18(4)12-13-34-26(28)17(2)3/h8-15,18-21H,1,16-17H2,2-7H3;8-14,17-20,42H,1,15-16H2,2-7H3;7-14,17,19-20H,1,15-16H2,2-6H3,(H2,33,42,43). The maximum Gasteiger partial charge on any atom is 0.417 e. The molecule has 6 unspecified atom stereocenters. The normalized spacial score (nSPS) is 17.3. The summed E-state index contributed by atoms with van der Waals surface area (Å²) < 4.78 is 87.0. The molecule has 0 spiro atoms. The number of piperazine rings is 3. The number of phenolic OH excluding ortho intramolecular Hbond substituents is 1. The number of rotatable bonds is 18. The van der Waals surface area contributed by atoms with Gasteiger partial charge in [0.25, 0.3) is 0 Å². The van der Waals surface area contributed by atoms with Gasteiger partial charge in [-0.1, -0.05) is 166 Å². The molecule has 3 fully saturated rings. The van der Waals surface area contributed by atoms with E-state index in [0.717, 1.165) is 22.8 Å². The Labute approximate surface area is 788 Å². The predicted molar refractivity (Wildman–Crippen MR) is 518 cm³/mol. The predicted octanol–water partition coefficient (Wildman–Crippen LogP) is 17.8. The van der Waals surface area contributed by atoms with Crippen LogP contribution in [-0.2, 0) is 30.6 Å². The Bertz CT molecular complexity index is 6940. The number of anilines is 3. The van der Waals surface area contributed by atoms with Gasteiger partial charge in [-0.25, -0.2) is 61.0 Å². The van der Waals surface area contributed by atoms with Crippen LogP contribution in [0.4, 0.5) is 35.0 Å². The van der Waals surface area contributed by atoms with Gasteiger partial charge in [0.1, 0.15) is 29.0 Å². The lowest BCUT2D eigenvalue weighted by molar-refractivity contribution is -0.137. The molecule has 0 radical (unpaired) electrons. The number of fused-ring (bicyclic) bond motifs is 3. The summed E-state index contributed by atoms with van der Waals surface area (Å²) in [6, 6.07) is 24.2. The molecule has 3 aliphatic heterocycles. The van der Waals surface area contributed by atoms with Crippen molar-refractivity contribution in [2.45, 2.75) is 195 Å². The maximum atomic E-state index is 15.2. The zero-order valence-corrected chi connectivity index (χ0v) is 80.5. The van der Waals surface area contributed by atoms with Crippen molar-refractivity contribution in [3.8, 4) is 56.6 Å². The number of carbonyl (C=O) groups excluding carboxylic acids is 3. The van der Waals surface area contributed by atoms with Crippen molar-refractivity contribution < 1.29 is 45.5 Å². The first-order chi connectivity index (χ1) is 63.2. The van der Waals surface area contributed by atoms with Crippen molar-refractivity contribution in [2.75, 3.05) is 54.0 Å². The first kappa shape index (κ1) is 98.8. The van der Waals surface area contributed by atoms with E-state index in [4.69, 9.17) is 54.9 Å². The van der Waals surface area contributed by atoms with Crippen LogP contribution in [0.5, 0.6) is 5.75 Å². The molecule has 6 atom stereocenters. The Morgan fingerprint density at radius 1 is 0.463 bits per heavy atom. The van der Waals surface area contributed by atoms with Crippen molar-refractivity contribution in [3.05, 3.63) is 251 Å². The Morgan fingerprint density at radius 2 is 0.806 bits per heavy atom. The SMILES string of the molecule is C=CC(=O)N1CC(C)N(c2nc(=O)n(-c3c(C(C)C)ccnc3C(C)C)c3nc(-c4c(O)cccc4F)c(Cl)cc23)CC1C.C=CC(=O)N1CC(C)N(c2nc(=O)n(-c3c(C(C)C)ccnc3C(C)C)c3nc(-c4ccccc4C(F)(F)F)c(Cl)cc23)CC1C.C=CC(=O)N1CC(C)N(c2nc(=O)n(-c3c(C)ccnc3C(C)C)c3nc(-c4ccccc4S(N)(=O)=O)c(Cl)cc23)CC1C. The highest BCUT2D eigenvalue weighted by molar-refractivity contribution is 7.89. The monoisotopic (exact) mass is 1910 g/mol. The summed E-state index contributed by atoms with van der Waals surface area (Å²) in [6.45, 7) is 46.4. The van der Waals surface area contributed by atoms with Crippen LogP contribution in [0.15, 0.2) is 179 Å².